The van der Waals surface area contributed by atoms with Gasteiger partial charge in [-0.25, -0.2) is 5.53 Å². The van der Waals surface area contributed by atoms with E-state index in [-0.39, 0.29) is 17.2 Å². The highest BCUT2D eigenvalue weighted by atomic mass is 19.4. The van der Waals surface area contributed by atoms with E-state index >= 15 is 0 Å². The zero-order valence-electron chi connectivity index (χ0n) is 28.4. The number of carbonyl (C=O) groups excluding carboxylic acids is 2. The maximum Gasteiger partial charge on any atom is 0.416 e. The van der Waals surface area contributed by atoms with Crippen LogP contribution in [0.15, 0.2) is 58.6 Å². The van der Waals surface area contributed by atoms with E-state index in [1.54, 1.807) is 0 Å². The number of hydrogen-bond donors (Lipinski definition) is 4. The van der Waals surface area contributed by atoms with Gasteiger partial charge < -0.3 is 5.32 Å². The molecule has 2 aromatic rings. The molecule has 1 heterocycles. The van der Waals surface area contributed by atoms with Gasteiger partial charge in [0.25, 0.3) is 0 Å². The number of rotatable bonds is 12. The summed E-state index contributed by atoms with van der Waals surface area (Å²) in [6, 6.07) is 12.3. The second kappa shape index (κ2) is 17.0. The largest absolute Gasteiger partial charge is 0.416 e. The zero-order valence-corrected chi connectivity index (χ0v) is 28.4. The van der Waals surface area contributed by atoms with E-state index in [1.165, 1.54) is 12.1 Å². The maximum absolute atomic E-state index is 13.1. The summed E-state index contributed by atoms with van der Waals surface area (Å²) >= 11 is 0. The molecule has 0 amide bonds. The number of nitrogens with one attached hydrogen (secondary N) is 4. The Bertz CT molecular complexity index is 1350. The summed E-state index contributed by atoms with van der Waals surface area (Å²) in [4.78, 5) is 30.9. The number of carbonyl (C=O) groups is 2. The molecule has 0 aromatic heterocycles. The topological polar surface area (TPSA) is 110 Å². The van der Waals surface area contributed by atoms with Gasteiger partial charge >= 0.3 is 6.18 Å². The Morgan fingerprint density at radius 1 is 1.09 bits per heavy atom. The fourth-order valence-electron chi connectivity index (χ4n) is 6.25. The number of aldehydes is 2. The number of nitrogens with zero attached hydrogens (tertiary/aromatic N) is 3. The Morgan fingerprint density at radius 2 is 1.72 bits per heavy atom. The summed E-state index contributed by atoms with van der Waals surface area (Å²) in [5, 5.41) is 6.74. The molecule has 1 fully saturated rings. The fraction of sp³-hybridized carbons (Fsp3) is 0.543. The molecule has 0 bridgehead atoms. The molecule has 4 N–H and O–H groups in total. The van der Waals surface area contributed by atoms with E-state index in [0.717, 1.165) is 81.3 Å². The first kappa shape index (κ1) is 37.8. The minimum Gasteiger partial charge on any atom is -0.313 e. The van der Waals surface area contributed by atoms with Crippen molar-refractivity contribution in [3.8, 4) is 0 Å². The molecular formula is C35H50F3N7O2. The van der Waals surface area contributed by atoms with Crippen molar-refractivity contribution in [1.82, 2.24) is 26.7 Å². The van der Waals surface area contributed by atoms with Crippen molar-refractivity contribution < 1.29 is 22.8 Å². The van der Waals surface area contributed by atoms with Gasteiger partial charge in [0.1, 0.15) is 17.7 Å². The molecule has 4 rings (SSSR count). The van der Waals surface area contributed by atoms with Crippen molar-refractivity contribution in [2.75, 3.05) is 20.6 Å². The molecule has 1 unspecified atom stereocenters. The molecule has 1 saturated carbocycles. The van der Waals surface area contributed by atoms with Crippen LogP contribution >= 0.6 is 0 Å². The number of alkyl halides is 3. The number of benzene rings is 2. The third-order valence-electron chi connectivity index (χ3n) is 9.17. The fourth-order valence-corrected chi connectivity index (χ4v) is 6.25. The summed E-state index contributed by atoms with van der Waals surface area (Å²) in [6.45, 7) is 9.63. The van der Waals surface area contributed by atoms with Gasteiger partial charge in [-0.1, -0.05) is 76.9 Å². The SMILES string of the molecule is CCCCC(c1ccc(C=O)cc1)N(C)C1(/N=C(\C=O)c2ccc(C(F)(F)F)cc2)CCC(C(C)(C)C)CC1.CNCC1=NNNN1. The van der Waals surface area contributed by atoms with Crippen LogP contribution in [0.1, 0.15) is 106 Å². The van der Waals surface area contributed by atoms with Gasteiger partial charge in [0.15, 0.2) is 12.1 Å². The van der Waals surface area contributed by atoms with E-state index in [0.29, 0.717) is 23.3 Å². The highest BCUT2D eigenvalue weighted by Crippen LogP contribution is 2.47. The standard InChI is InChI=1S/C32H41F3N2O2.C3H9N5/c1-6-7-8-29(25-11-9-23(21-38)10-12-25)37(5)31(19-17-26(18-20-31)30(2,3)4)36-28(22-39)24-13-15-27(16-14-24)32(33,34)35;1-4-2-3-5-7-8-6-3/h9-16,21-22,26,29H,6-8,17-20H2,1-5H3;4,7-8H,2H2,1H3,(H,5,6)/b36-28+;. The van der Waals surface area contributed by atoms with Gasteiger partial charge in [-0.05, 0) is 75.2 Å². The van der Waals surface area contributed by atoms with E-state index < -0.39 is 17.4 Å². The second-order valence-electron chi connectivity index (χ2n) is 13.3. The second-order valence-corrected chi connectivity index (χ2v) is 13.3. The molecule has 12 heteroatoms. The Hall–Kier alpha value is -3.61. The Labute approximate surface area is 276 Å². The Balaban J connectivity index is 0.000000653. The summed E-state index contributed by atoms with van der Waals surface area (Å²) in [6.07, 6.45) is 3.26. The lowest BCUT2D eigenvalue weighted by molar-refractivity contribution is -0.137. The van der Waals surface area contributed by atoms with Crippen LogP contribution in [-0.2, 0) is 11.0 Å². The number of aliphatic imine (C=N–C) groups is 1. The monoisotopic (exact) mass is 657 g/mol. The van der Waals surface area contributed by atoms with Crippen molar-refractivity contribution in [3.63, 3.8) is 0 Å². The Morgan fingerprint density at radius 3 is 2.19 bits per heavy atom. The van der Waals surface area contributed by atoms with Crippen molar-refractivity contribution >= 4 is 24.1 Å². The molecule has 0 saturated heterocycles. The van der Waals surface area contributed by atoms with E-state index in [1.807, 2.05) is 38.4 Å². The molecule has 1 aliphatic heterocycles. The van der Waals surface area contributed by atoms with Gasteiger partial charge in [-0.15, -0.1) is 10.6 Å². The molecule has 1 atom stereocenters. The maximum atomic E-state index is 13.1. The number of hydrogen-bond acceptors (Lipinski definition) is 9. The van der Waals surface area contributed by atoms with Gasteiger partial charge in [0.05, 0.1) is 12.1 Å². The molecule has 1 aliphatic carbocycles. The third-order valence-corrected chi connectivity index (χ3v) is 9.17. The molecule has 47 heavy (non-hydrogen) atoms. The number of likely N-dealkylation sites (N-methyl/N-ethyl adjacent to an activating group) is 1. The molecule has 0 spiro atoms. The van der Waals surface area contributed by atoms with Gasteiger partial charge in [-0.2, -0.15) is 13.2 Å². The molecule has 2 aliphatic rings. The number of amidine groups is 1. The van der Waals surface area contributed by atoms with Crippen molar-refractivity contribution in [2.24, 2.45) is 21.4 Å². The highest BCUT2D eigenvalue weighted by Gasteiger charge is 2.44. The summed E-state index contributed by atoms with van der Waals surface area (Å²) in [5.41, 5.74) is 8.86. The third kappa shape index (κ3) is 10.4. The first-order chi connectivity index (χ1) is 22.3. The van der Waals surface area contributed by atoms with Crippen molar-refractivity contribution in [1.29, 1.82) is 0 Å². The normalized spacial score (nSPS) is 20.8. The van der Waals surface area contributed by atoms with Crippen molar-refractivity contribution in [3.05, 3.63) is 70.8 Å². The van der Waals surface area contributed by atoms with Crippen LogP contribution in [0.2, 0.25) is 0 Å². The summed E-state index contributed by atoms with van der Waals surface area (Å²) in [7, 11) is 3.91. The predicted molar refractivity (Wildman–Crippen MR) is 181 cm³/mol. The minimum absolute atomic E-state index is 0.00102. The number of halogens is 3. The first-order valence-electron chi connectivity index (χ1n) is 16.3. The molecular weight excluding hydrogens is 607 g/mol. The molecule has 2 aromatic carbocycles. The van der Waals surface area contributed by atoms with Gasteiger partial charge in [0, 0.05) is 17.2 Å². The summed E-state index contributed by atoms with van der Waals surface area (Å²) < 4.78 is 39.4. The lowest BCUT2D eigenvalue weighted by atomic mass is 9.69. The smallest absolute Gasteiger partial charge is 0.313 e. The minimum atomic E-state index is -4.45. The van der Waals surface area contributed by atoms with Crippen LogP contribution in [0.5, 0.6) is 0 Å². The molecule has 9 nitrogen and oxygen atoms in total. The number of hydrazine groups is 2. The number of unbranched alkanes of at least 4 members (excludes halogenated alkanes) is 1. The van der Waals surface area contributed by atoms with Gasteiger partial charge in [-0.3, -0.25) is 24.9 Å². The first-order valence-corrected chi connectivity index (χ1v) is 16.3. The highest BCUT2D eigenvalue weighted by molar-refractivity contribution is 6.36. The van der Waals surface area contributed by atoms with Crippen LogP contribution < -0.4 is 21.8 Å². The van der Waals surface area contributed by atoms with Crippen LogP contribution in [0.3, 0.4) is 0 Å². The van der Waals surface area contributed by atoms with Crippen LogP contribution in [0.4, 0.5) is 13.2 Å². The van der Waals surface area contributed by atoms with Crippen LogP contribution in [0.25, 0.3) is 0 Å². The lowest BCUT2D eigenvalue weighted by Crippen LogP contribution is -2.50. The van der Waals surface area contributed by atoms with E-state index in [2.05, 4.69) is 59.5 Å². The van der Waals surface area contributed by atoms with Crippen LogP contribution in [0, 0.1) is 11.3 Å². The number of hydrazone groups is 1. The molecule has 258 valence electrons. The van der Waals surface area contributed by atoms with Crippen molar-refractivity contribution in [2.45, 2.75) is 90.5 Å². The van der Waals surface area contributed by atoms with E-state index in [9.17, 15) is 22.8 Å². The zero-order chi connectivity index (χ0) is 34.7. The average molecular weight is 658 g/mol. The molecule has 0 radical (unpaired) electrons. The average Bonchev–Trinajstić information content (AvgIpc) is 3.57. The van der Waals surface area contributed by atoms with Crippen LogP contribution in [-0.4, -0.2) is 55.3 Å². The summed E-state index contributed by atoms with van der Waals surface area (Å²) in [5.74, 6) is 1.37. The Kier molecular flexibility index (Phi) is 13.7. The predicted octanol–water partition coefficient (Wildman–Crippen LogP) is 6.43. The quantitative estimate of drug-likeness (QED) is 0.154. The lowest BCUT2D eigenvalue weighted by Gasteiger charge is -2.49. The van der Waals surface area contributed by atoms with E-state index in [4.69, 9.17) is 4.99 Å². The van der Waals surface area contributed by atoms with Gasteiger partial charge in [0.2, 0.25) is 0 Å².